The summed E-state index contributed by atoms with van der Waals surface area (Å²) < 4.78 is 15.5. The van der Waals surface area contributed by atoms with Crippen LogP contribution in [0.5, 0.6) is 0 Å². The highest BCUT2D eigenvalue weighted by Gasteiger charge is 2.68. The third kappa shape index (κ3) is 4.94. The fraction of sp³-hybridized carbons (Fsp3) is 0.500. The number of rotatable bonds is 5. The highest BCUT2D eigenvalue weighted by Crippen LogP contribution is 2.68. The van der Waals surface area contributed by atoms with E-state index in [4.69, 9.17) is 5.10 Å². The van der Waals surface area contributed by atoms with Crippen molar-refractivity contribution in [1.82, 2.24) is 9.78 Å². The summed E-state index contributed by atoms with van der Waals surface area (Å²) >= 11 is 1.78. The molecule has 3 fully saturated rings. The fourth-order valence-corrected chi connectivity index (χ4v) is 11.7. The first-order valence-electron chi connectivity index (χ1n) is 17.5. The number of carbonyl (C=O) groups is 1. The van der Waals surface area contributed by atoms with E-state index in [-0.39, 0.29) is 34.8 Å². The molecule has 7 atom stereocenters. The number of aliphatic hydroxyl groups is 2. The molecule has 2 heterocycles. The Bertz CT molecular complexity index is 1780. The summed E-state index contributed by atoms with van der Waals surface area (Å²) in [4.78, 5) is 16.6. The number of aryl methyl sites for hydroxylation is 1. The van der Waals surface area contributed by atoms with Crippen LogP contribution in [0.15, 0.2) is 76.2 Å². The minimum atomic E-state index is -1.42. The molecule has 47 heavy (non-hydrogen) atoms. The number of fused-ring (bicyclic) bond motifs is 7. The molecule has 246 valence electrons. The van der Waals surface area contributed by atoms with Gasteiger partial charge in [-0.15, -0.1) is 0 Å². The molecule has 1 aromatic heterocycles. The van der Waals surface area contributed by atoms with Crippen molar-refractivity contribution >= 4 is 23.6 Å². The Morgan fingerprint density at radius 2 is 1.89 bits per heavy atom. The molecule has 0 bridgehead atoms. The molecule has 7 heteroatoms. The first-order valence-corrected chi connectivity index (χ1v) is 18.3. The third-order valence-electron chi connectivity index (χ3n) is 12.9. The Morgan fingerprint density at radius 1 is 1.09 bits per heavy atom. The van der Waals surface area contributed by atoms with Gasteiger partial charge in [0.25, 0.3) is 0 Å². The smallest absolute Gasteiger partial charge is 0.165 e. The second-order valence-electron chi connectivity index (χ2n) is 15.3. The number of nitrogens with zero attached hydrogens (tertiary/aromatic N) is 2. The number of hydrogen-bond acceptors (Lipinski definition) is 5. The zero-order valence-electron chi connectivity index (χ0n) is 27.4. The summed E-state index contributed by atoms with van der Waals surface area (Å²) in [6.45, 7) is 4.41. The molecule has 0 amide bonds. The molecule has 0 radical (unpaired) electrons. The molecular weight excluding hydrogens is 608 g/mol. The van der Waals surface area contributed by atoms with Crippen molar-refractivity contribution in [1.29, 1.82) is 0 Å². The van der Waals surface area contributed by atoms with Crippen LogP contribution in [0.2, 0.25) is 0 Å². The summed E-state index contributed by atoms with van der Waals surface area (Å²) in [7, 11) is 0. The summed E-state index contributed by atoms with van der Waals surface area (Å²) in [5, 5.41) is 29.1. The van der Waals surface area contributed by atoms with E-state index in [0.29, 0.717) is 25.7 Å². The molecule has 4 aliphatic carbocycles. The first-order chi connectivity index (χ1) is 22.6. The molecule has 0 spiro atoms. The first kappa shape index (κ1) is 31.3. The van der Waals surface area contributed by atoms with E-state index < -0.39 is 17.1 Å². The molecule has 2 aromatic carbocycles. The number of thioether (sulfide) groups is 1. The molecule has 5 nitrogen and oxygen atoms in total. The Morgan fingerprint density at radius 3 is 2.72 bits per heavy atom. The number of carbonyl (C=O) groups excluding carboxylic acids is 1. The van der Waals surface area contributed by atoms with Crippen LogP contribution >= 0.6 is 11.8 Å². The van der Waals surface area contributed by atoms with Gasteiger partial charge in [-0.2, -0.15) is 5.10 Å². The lowest BCUT2D eigenvalue weighted by molar-refractivity contribution is -0.179. The number of Topliss-reactive ketones (excluding diaryl/α,β-unsaturated/α-hetero) is 1. The summed E-state index contributed by atoms with van der Waals surface area (Å²) in [6, 6.07) is 15.0. The van der Waals surface area contributed by atoms with Crippen LogP contribution in [-0.2, 0) is 17.6 Å². The number of aliphatic hydroxyl groups excluding tert-OH is 1. The van der Waals surface area contributed by atoms with Crippen LogP contribution in [0.1, 0.15) is 88.5 Å². The Labute approximate surface area is 281 Å². The van der Waals surface area contributed by atoms with E-state index in [1.165, 1.54) is 33.1 Å². The monoisotopic (exact) mass is 652 g/mol. The standard InChI is InChI=1S/C40H45FN2O3S/c1-38-22-26-24-42-43(29-14-12-28(41)13-15-29)33(26)21-27(38)11-17-31-32-19-20-40(46,39(32,2)23-34(44)37(31)38)36(45)18-16-30-9-5-3-7-25-8-4-6-10-35(25)47-30/h4,6,8-10,12-15,21,24,31-32,34,37,44,46H,3,5,7,11,16-20,22-23H2,1-2H3. The van der Waals surface area contributed by atoms with Gasteiger partial charge in [0.15, 0.2) is 5.78 Å². The average molecular weight is 653 g/mol. The van der Waals surface area contributed by atoms with Gasteiger partial charge in [-0.3, -0.25) is 4.79 Å². The number of allylic oxidation sites excluding steroid dienone is 3. The highest BCUT2D eigenvalue weighted by molar-refractivity contribution is 8.03. The van der Waals surface area contributed by atoms with Gasteiger partial charge in [0.1, 0.15) is 11.4 Å². The van der Waals surface area contributed by atoms with E-state index >= 15 is 0 Å². The van der Waals surface area contributed by atoms with Crippen LogP contribution in [0.4, 0.5) is 4.39 Å². The van der Waals surface area contributed by atoms with Gasteiger partial charge >= 0.3 is 0 Å². The lowest BCUT2D eigenvalue weighted by Gasteiger charge is -2.60. The second-order valence-corrected chi connectivity index (χ2v) is 16.5. The Balaban J connectivity index is 1.02. The molecular formula is C40H45FN2O3S. The van der Waals surface area contributed by atoms with E-state index in [9.17, 15) is 19.4 Å². The average Bonchev–Trinajstić information content (AvgIpc) is 3.56. The van der Waals surface area contributed by atoms with Crippen molar-refractivity contribution < 1.29 is 19.4 Å². The number of benzene rings is 2. The Hall–Kier alpha value is -3.00. The minimum absolute atomic E-state index is 0.0527. The van der Waals surface area contributed by atoms with Gasteiger partial charge in [-0.1, -0.05) is 55.5 Å². The quantitative estimate of drug-likeness (QED) is 0.290. The van der Waals surface area contributed by atoms with Gasteiger partial charge in [-0.05, 0) is 140 Å². The summed E-state index contributed by atoms with van der Waals surface area (Å²) in [6.07, 6.45) is 14.4. The van der Waals surface area contributed by atoms with Crippen LogP contribution in [0.25, 0.3) is 11.8 Å². The van der Waals surface area contributed by atoms with E-state index in [1.807, 2.05) is 10.9 Å². The lowest BCUT2D eigenvalue weighted by Crippen LogP contribution is -2.61. The zero-order valence-corrected chi connectivity index (χ0v) is 28.2. The molecule has 3 aromatic rings. The molecule has 7 unspecified atom stereocenters. The van der Waals surface area contributed by atoms with Crippen molar-refractivity contribution in [3.63, 3.8) is 0 Å². The predicted octanol–water partition coefficient (Wildman–Crippen LogP) is 8.26. The van der Waals surface area contributed by atoms with Crippen molar-refractivity contribution in [2.75, 3.05) is 0 Å². The van der Waals surface area contributed by atoms with Crippen molar-refractivity contribution in [2.45, 2.75) is 101 Å². The summed E-state index contributed by atoms with van der Waals surface area (Å²) in [5.41, 5.74) is 3.44. The minimum Gasteiger partial charge on any atom is -0.393 e. The van der Waals surface area contributed by atoms with Crippen LogP contribution < -0.4 is 0 Å². The number of ketones is 1. The lowest BCUT2D eigenvalue weighted by atomic mass is 9.45. The number of halogens is 1. The van der Waals surface area contributed by atoms with Gasteiger partial charge in [-0.25, -0.2) is 9.07 Å². The van der Waals surface area contributed by atoms with Crippen LogP contribution in [-0.4, -0.2) is 37.5 Å². The molecule has 8 rings (SSSR count). The van der Waals surface area contributed by atoms with Gasteiger partial charge in [0.2, 0.25) is 0 Å². The molecule has 0 saturated heterocycles. The largest absolute Gasteiger partial charge is 0.393 e. The van der Waals surface area contributed by atoms with E-state index in [1.54, 1.807) is 23.9 Å². The fourth-order valence-electron chi connectivity index (χ4n) is 10.6. The predicted molar refractivity (Wildman–Crippen MR) is 183 cm³/mol. The van der Waals surface area contributed by atoms with Gasteiger partial charge < -0.3 is 10.2 Å². The number of hydrogen-bond donors (Lipinski definition) is 2. The molecule has 1 aliphatic heterocycles. The molecule has 2 N–H and O–H groups in total. The maximum absolute atomic E-state index is 14.1. The normalized spacial score (nSPS) is 34.4. The maximum atomic E-state index is 14.1. The van der Waals surface area contributed by atoms with E-state index in [2.05, 4.69) is 50.3 Å². The van der Waals surface area contributed by atoms with Crippen molar-refractivity contribution in [3.05, 3.63) is 93.9 Å². The molecule has 3 saturated carbocycles. The SMILES string of the molecule is CC12Cc3cnn(-c4ccc(F)cc4)c3C=C1CCC1C2C(O)CC2(C)C1CCC2(O)C(=O)CCC1=CCCCc2ccccc2S1. The van der Waals surface area contributed by atoms with Gasteiger partial charge in [0.05, 0.1) is 23.7 Å². The topological polar surface area (TPSA) is 75.3 Å². The van der Waals surface area contributed by atoms with Crippen molar-refractivity contribution in [3.8, 4) is 5.69 Å². The van der Waals surface area contributed by atoms with Gasteiger partial charge in [0, 0.05) is 16.7 Å². The van der Waals surface area contributed by atoms with Crippen LogP contribution in [0.3, 0.4) is 0 Å². The third-order valence-corrected chi connectivity index (χ3v) is 14.2. The molecule has 5 aliphatic rings. The second kappa shape index (κ2) is 11.6. The highest BCUT2D eigenvalue weighted by atomic mass is 32.2. The summed E-state index contributed by atoms with van der Waals surface area (Å²) in [5.74, 6) is 0.158. The van der Waals surface area contributed by atoms with E-state index in [0.717, 1.165) is 61.9 Å². The maximum Gasteiger partial charge on any atom is 0.165 e. The van der Waals surface area contributed by atoms with Crippen LogP contribution in [0, 0.1) is 34.4 Å². The van der Waals surface area contributed by atoms with Crippen molar-refractivity contribution in [2.24, 2.45) is 28.6 Å². The Kier molecular flexibility index (Phi) is 7.69. The number of aromatic nitrogens is 2. The zero-order chi connectivity index (χ0) is 32.6.